The van der Waals surface area contributed by atoms with Gasteiger partial charge in [-0.05, 0) is 11.3 Å². The smallest absolute Gasteiger partial charge is 0.373 e. The molecule has 0 saturated heterocycles. The number of nitrogens with zero attached hydrogens (tertiary/aromatic N) is 1. The van der Waals surface area contributed by atoms with E-state index in [-0.39, 0.29) is 5.15 Å². The highest BCUT2D eigenvalue weighted by atomic mass is 35.5. The third kappa shape index (κ3) is 3.57. The predicted molar refractivity (Wildman–Crippen MR) is 81.7 cm³/mol. The number of halogens is 4. The van der Waals surface area contributed by atoms with Gasteiger partial charge < -0.3 is 4.18 Å². The highest BCUT2D eigenvalue weighted by molar-refractivity contribution is 7.88. The van der Waals surface area contributed by atoms with Crippen molar-refractivity contribution in [1.82, 2.24) is 4.98 Å². The Balaban J connectivity index is 3.51. The first kappa shape index (κ1) is 19.2. The van der Waals surface area contributed by atoms with Crippen LogP contribution >= 0.6 is 11.6 Å². The summed E-state index contributed by atoms with van der Waals surface area (Å²) >= 11 is 5.82. The second-order valence-corrected chi connectivity index (χ2v) is 11.9. The predicted octanol–water partition coefficient (Wildman–Crippen LogP) is 3.68. The quantitative estimate of drug-likeness (QED) is 0.329. The first-order chi connectivity index (χ1) is 10.0. The molecule has 0 aliphatic heterocycles. The van der Waals surface area contributed by atoms with E-state index in [4.69, 9.17) is 11.6 Å². The van der Waals surface area contributed by atoms with E-state index in [0.717, 1.165) is 18.1 Å². The van der Waals surface area contributed by atoms with Crippen LogP contribution in [0, 0.1) is 0 Å². The molecule has 10 heteroatoms. The van der Waals surface area contributed by atoms with Crippen molar-refractivity contribution in [3.8, 4) is 5.75 Å². The van der Waals surface area contributed by atoms with Gasteiger partial charge in [-0.25, -0.2) is 4.98 Å². The van der Waals surface area contributed by atoms with Gasteiger partial charge in [0.2, 0.25) is 0 Å². The summed E-state index contributed by atoms with van der Waals surface area (Å²) < 4.78 is 64.6. The second-order valence-electron chi connectivity index (χ2n) is 4.80. The lowest BCUT2D eigenvalue weighted by atomic mass is 10.4. The van der Waals surface area contributed by atoms with E-state index >= 15 is 0 Å². The van der Waals surface area contributed by atoms with Crippen LogP contribution in [0.1, 0.15) is 20.8 Å². The Hall–Kier alpha value is -0.803. The molecule has 0 fully saturated rings. The molecule has 1 heterocycles. The summed E-state index contributed by atoms with van der Waals surface area (Å²) in [5, 5.41) is 0.0744. The second kappa shape index (κ2) is 6.75. The van der Waals surface area contributed by atoms with Gasteiger partial charge in [0.05, 0.1) is 8.07 Å². The monoisotopic (exact) mass is 375 g/mol. The summed E-state index contributed by atoms with van der Waals surface area (Å²) in [7, 11) is -7.99. The average molecular weight is 376 g/mol. The summed E-state index contributed by atoms with van der Waals surface area (Å²) in [6, 6.07) is 3.68. The lowest BCUT2D eigenvalue weighted by Crippen LogP contribution is -2.47. The van der Waals surface area contributed by atoms with Crippen molar-refractivity contribution in [2.45, 2.75) is 44.4 Å². The van der Waals surface area contributed by atoms with Crippen LogP contribution in [0.3, 0.4) is 0 Å². The van der Waals surface area contributed by atoms with Crippen molar-refractivity contribution in [3.05, 3.63) is 17.4 Å². The maximum atomic E-state index is 12.6. The number of pyridine rings is 1. The molecule has 1 aromatic rings. The number of aromatic nitrogens is 1. The van der Waals surface area contributed by atoms with Crippen molar-refractivity contribution in [2.24, 2.45) is 0 Å². The van der Waals surface area contributed by atoms with Gasteiger partial charge in [0.25, 0.3) is 0 Å². The zero-order chi connectivity index (χ0) is 17.2. The van der Waals surface area contributed by atoms with E-state index in [1.807, 2.05) is 20.8 Å². The third-order valence-electron chi connectivity index (χ3n) is 3.94. The van der Waals surface area contributed by atoms with Gasteiger partial charge in [0.15, 0.2) is 10.9 Å². The Kier molecular flexibility index (Phi) is 5.91. The first-order valence-electron chi connectivity index (χ1n) is 6.70. The minimum atomic E-state index is -5.78. The van der Waals surface area contributed by atoms with Crippen LogP contribution in [-0.2, 0) is 10.1 Å². The van der Waals surface area contributed by atoms with E-state index in [2.05, 4.69) is 9.17 Å². The minimum absolute atomic E-state index is 0.377. The standard InChI is InChI=1S/C12H17ClF3NO3SSi/c1-4-22(5-2,6-3)9-7-8-17-11(13)10(9)20-21(18,19)12(14,15)16/h7-8H,4-6H2,1-3H3. The fourth-order valence-corrected chi connectivity index (χ4v) is 7.00. The molecule has 0 spiro atoms. The van der Waals surface area contributed by atoms with Crippen molar-refractivity contribution in [3.63, 3.8) is 0 Å². The van der Waals surface area contributed by atoms with Gasteiger partial charge in [-0.3, -0.25) is 0 Å². The summed E-state index contributed by atoms with van der Waals surface area (Å²) in [4.78, 5) is 3.65. The fraction of sp³-hybridized carbons (Fsp3) is 0.583. The van der Waals surface area contributed by atoms with Gasteiger partial charge in [-0.1, -0.05) is 50.5 Å². The van der Waals surface area contributed by atoms with Crippen LogP contribution < -0.4 is 9.37 Å². The minimum Gasteiger partial charge on any atom is -0.373 e. The molecule has 0 aliphatic rings. The maximum Gasteiger partial charge on any atom is 0.534 e. The van der Waals surface area contributed by atoms with Crippen LogP contribution in [0.5, 0.6) is 5.75 Å². The SMILES string of the molecule is CC[Si](CC)(CC)c1ccnc(Cl)c1OS(=O)(=O)C(F)(F)F. The molecular formula is C12H17ClF3NO3SSi. The van der Waals surface area contributed by atoms with Crippen LogP contribution in [0.2, 0.25) is 23.3 Å². The lowest BCUT2D eigenvalue weighted by molar-refractivity contribution is -0.0499. The molecule has 0 aromatic carbocycles. The molecule has 126 valence electrons. The summed E-state index contributed by atoms with van der Waals surface area (Å²) in [6.45, 7) is 5.78. The number of alkyl halides is 3. The highest BCUT2D eigenvalue weighted by Crippen LogP contribution is 2.33. The van der Waals surface area contributed by atoms with E-state index in [1.165, 1.54) is 12.3 Å². The Bertz CT molecular complexity index is 625. The van der Waals surface area contributed by atoms with Gasteiger partial charge >= 0.3 is 15.6 Å². The molecule has 0 amide bonds. The normalized spacial score (nSPS) is 13.2. The van der Waals surface area contributed by atoms with Crippen LogP contribution in [0.25, 0.3) is 0 Å². The van der Waals surface area contributed by atoms with E-state index in [1.54, 1.807) is 0 Å². The number of rotatable bonds is 6. The largest absolute Gasteiger partial charge is 0.534 e. The fourth-order valence-electron chi connectivity index (χ4n) is 2.40. The third-order valence-corrected chi connectivity index (χ3v) is 10.8. The molecule has 22 heavy (non-hydrogen) atoms. The zero-order valence-electron chi connectivity index (χ0n) is 12.4. The number of hydrogen-bond donors (Lipinski definition) is 0. The van der Waals surface area contributed by atoms with Crippen molar-refractivity contribution < 1.29 is 25.8 Å². The molecular weight excluding hydrogens is 359 g/mol. The Morgan fingerprint density at radius 1 is 1.23 bits per heavy atom. The van der Waals surface area contributed by atoms with Crippen LogP contribution in [0.4, 0.5) is 13.2 Å². The van der Waals surface area contributed by atoms with Gasteiger partial charge in [0, 0.05) is 6.20 Å². The molecule has 1 rings (SSSR count). The van der Waals surface area contributed by atoms with Gasteiger partial charge in [-0.15, -0.1) is 0 Å². The highest BCUT2D eigenvalue weighted by Gasteiger charge is 2.49. The maximum absolute atomic E-state index is 12.6. The Morgan fingerprint density at radius 3 is 2.14 bits per heavy atom. The molecule has 0 bridgehead atoms. The summed E-state index contributed by atoms with van der Waals surface area (Å²) in [5.74, 6) is -0.487. The lowest BCUT2D eigenvalue weighted by Gasteiger charge is -2.30. The molecule has 0 aliphatic carbocycles. The van der Waals surface area contributed by atoms with E-state index < -0.39 is 29.4 Å². The van der Waals surface area contributed by atoms with E-state index in [0.29, 0.717) is 5.19 Å². The van der Waals surface area contributed by atoms with E-state index in [9.17, 15) is 21.6 Å². The molecule has 0 N–H and O–H groups in total. The molecule has 1 aromatic heterocycles. The van der Waals surface area contributed by atoms with Crippen molar-refractivity contribution in [2.75, 3.05) is 0 Å². The van der Waals surface area contributed by atoms with Gasteiger partial charge in [0.1, 0.15) is 0 Å². The van der Waals surface area contributed by atoms with Crippen molar-refractivity contribution >= 4 is 35.0 Å². The topological polar surface area (TPSA) is 56.3 Å². The van der Waals surface area contributed by atoms with Crippen LogP contribution in [0.15, 0.2) is 12.3 Å². The van der Waals surface area contributed by atoms with Gasteiger partial charge in [-0.2, -0.15) is 21.6 Å². The van der Waals surface area contributed by atoms with Crippen LogP contribution in [-0.4, -0.2) is 27.0 Å². The summed E-state index contributed by atoms with van der Waals surface area (Å²) in [6.07, 6.45) is 1.35. The average Bonchev–Trinajstić information content (AvgIpc) is 2.43. The van der Waals surface area contributed by atoms with Crippen molar-refractivity contribution in [1.29, 1.82) is 0 Å². The summed E-state index contributed by atoms with van der Waals surface area (Å²) in [5.41, 5.74) is -5.52. The Labute approximate surface area is 133 Å². The zero-order valence-corrected chi connectivity index (χ0v) is 14.9. The first-order valence-corrected chi connectivity index (χ1v) is 11.1. The number of hydrogen-bond acceptors (Lipinski definition) is 4. The molecule has 0 unspecified atom stereocenters. The molecule has 0 radical (unpaired) electrons. The molecule has 4 nitrogen and oxygen atoms in total. The Morgan fingerprint density at radius 2 is 1.73 bits per heavy atom. The molecule has 0 atom stereocenters. The molecule has 0 saturated carbocycles.